The van der Waals surface area contributed by atoms with Crippen LogP contribution in [0, 0.1) is 6.92 Å². The van der Waals surface area contributed by atoms with E-state index in [1.807, 2.05) is 24.4 Å². The van der Waals surface area contributed by atoms with E-state index < -0.39 is 0 Å². The Kier molecular flexibility index (Phi) is 2.44. The predicted molar refractivity (Wildman–Crippen MR) is 61.7 cm³/mol. The summed E-state index contributed by atoms with van der Waals surface area (Å²) in [6, 6.07) is 5.57. The van der Waals surface area contributed by atoms with E-state index in [4.69, 9.17) is 17.3 Å². The predicted octanol–water partition coefficient (Wildman–Crippen LogP) is 3.35. The molecule has 0 radical (unpaired) electrons. The van der Waals surface area contributed by atoms with Crippen molar-refractivity contribution in [2.24, 2.45) is 0 Å². The van der Waals surface area contributed by atoms with Gasteiger partial charge in [-0.1, -0.05) is 17.7 Å². The highest BCUT2D eigenvalue weighted by Crippen LogP contribution is 2.28. The average Bonchev–Trinajstić information content (AvgIpc) is 2.57. The number of anilines is 1. The highest BCUT2D eigenvalue weighted by atomic mass is 35.5. The van der Waals surface area contributed by atoms with Gasteiger partial charge in [0.2, 0.25) is 0 Å². The van der Waals surface area contributed by atoms with Crippen molar-refractivity contribution in [3.8, 4) is 10.6 Å². The Balaban J connectivity index is 2.47. The summed E-state index contributed by atoms with van der Waals surface area (Å²) in [6.07, 6.45) is 0. The Labute approximate surface area is 91.4 Å². The number of benzene rings is 1. The lowest BCUT2D eigenvalue weighted by atomic mass is 10.2. The molecule has 0 atom stereocenters. The maximum atomic E-state index is 5.83. The van der Waals surface area contributed by atoms with Crippen LogP contribution in [0.3, 0.4) is 0 Å². The third-order valence-electron chi connectivity index (χ3n) is 1.86. The Morgan fingerprint density at radius 3 is 2.79 bits per heavy atom. The molecule has 72 valence electrons. The molecule has 2 aromatic rings. The van der Waals surface area contributed by atoms with E-state index >= 15 is 0 Å². The Morgan fingerprint density at radius 1 is 1.43 bits per heavy atom. The van der Waals surface area contributed by atoms with Crippen molar-refractivity contribution in [2.45, 2.75) is 6.92 Å². The molecule has 1 aromatic carbocycles. The number of hydrogen-bond donors (Lipinski definition) is 1. The van der Waals surface area contributed by atoms with Crippen molar-refractivity contribution >= 4 is 28.6 Å². The van der Waals surface area contributed by atoms with Gasteiger partial charge in [-0.15, -0.1) is 11.3 Å². The van der Waals surface area contributed by atoms with Crippen LogP contribution < -0.4 is 5.73 Å². The number of hydrogen-bond acceptors (Lipinski definition) is 3. The number of halogens is 1. The lowest BCUT2D eigenvalue weighted by Crippen LogP contribution is -1.86. The van der Waals surface area contributed by atoms with Crippen LogP contribution in [0.2, 0.25) is 5.02 Å². The van der Waals surface area contributed by atoms with Crippen molar-refractivity contribution in [1.82, 2.24) is 4.98 Å². The van der Waals surface area contributed by atoms with E-state index in [1.54, 1.807) is 17.4 Å². The van der Waals surface area contributed by atoms with Crippen LogP contribution in [0.5, 0.6) is 0 Å². The van der Waals surface area contributed by atoms with Crippen molar-refractivity contribution in [3.63, 3.8) is 0 Å². The molecule has 4 heteroatoms. The van der Waals surface area contributed by atoms with Crippen LogP contribution in [0.1, 0.15) is 5.69 Å². The lowest BCUT2D eigenvalue weighted by Gasteiger charge is -2.00. The van der Waals surface area contributed by atoms with Crippen LogP contribution >= 0.6 is 22.9 Å². The van der Waals surface area contributed by atoms with Gasteiger partial charge in [0.1, 0.15) is 5.01 Å². The van der Waals surface area contributed by atoms with Crippen LogP contribution in [0.4, 0.5) is 5.69 Å². The van der Waals surface area contributed by atoms with Gasteiger partial charge < -0.3 is 5.73 Å². The van der Waals surface area contributed by atoms with Gasteiger partial charge >= 0.3 is 0 Å². The maximum Gasteiger partial charge on any atom is 0.123 e. The zero-order chi connectivity index (χ0) is 10.1. The molecule has 0 saturated carbocycles. The summed E-state index contributed by atoms with van der Waals surface area (Å²) in [6.45, 7) is 1.97. The summed E-state index contributed by atoms with van der Waals surface area (Å²) in [5.41, 5.74) is 8.35. The fraction of sp³-hybridized carbons (Fsp3) is 0.100. The van der Waals surface area contributed by atoms with Gasteiger partial charge in [0.15, 0.2) is 0 Å². The molecule has 14 heavy (non-hydrogen) atoms. The number of aromatic nitrogens is 1. The van der Waals surface area contributed by atoms with Crippen LogP contribution in [0.15, 0.2) is 23.6 Å². The number of thiazole rings is 1. The second kappa shape index (κ2) is 3.59. The number of nitrogens with zero attached hydrogens (tertiary/aromatic N) is 1. The summed E-state index contributed by atoms with van der Waals surface area (Å²) in [4.78, 5) is 4.37. The number of nitrogens with two attached hydrogens (primary N) is 1. The number of nitrogen functional groups attached to an aromatic ring is 1. The van der Waals surface area contributed by atoms with Gasteiger partial charge in [-0.05, 0) is 19.1 Å². The second-order valence-electron chi connectivity index (χ2n) is 3.03. The zero-order valence-corrected chi connectivity index (χ0v) is 9.19. The minimum absolute atomic E-state index is 0.585. The normalized spacial score (nSPS) is 10.4. The fourth-order valence-electron chi connectivity index (χ4n) is 1.16. The standard InChI is InChI=1S/C10H9ClN2S/c1-6-5-14-10(13-6)7-2-3-8(11)9(12)4-7/h2-5H,12H2,1H3. The molecule has 1 aromatic heterocycles. The topological polar surface area (TPSA) is 38.9 Å². The van der Waals surface area contributed by atoms with E-state index in [0.717, 1.165) is 16.3 Å². The van der Waals surface area contributed by atoms with Gasteiger partial charge in [-0.2, -0.15) is 0 Å². The third kappa shape index (κ3) is 1.74. The second-order valence-corrected chi connectivity index (χ2v) is 4.30. The van der Waals surface area contributed by atoms with E-state index in [-0.39, 0.29) is 0 Å². The SMILES string of the molecule is Cc1csc(-c2ccc(Cl)c(N)c2)n1. The highest BCUT2D eigenvalue weighted by Gasteiger charge is 2.04. The van der Waals surface area contributed by atoms with E-state index in [9.17, 15) is 0 Å². The number of rotatable bonds is 1. The molecule has 2 N–H and O–H groups in total. The van der Waals surface area contributed by atoms with Gasteiger partial charge in [0.25, 0.3) is 0 Å². The molecule has 0 saturated heterocycles. The molecule has 0 aliphatic rings. The molecule has 0 aliphatic heterocycles. The largest absolute Gasteiger partial charge is 0.398 e. The molecular weight excluding hydrogens is 216 g/mol. The molecule has 0 amide bonds. The Hall–Kier alpha value is -1.06. The van der Waals surface area contributed by atoms with Crippen molar-refractivity contribution in [1.29, 1.82) is 0 Å². The Morgan fingerprint density at radius 2 is 2.21 bits per heavy atom. The van der Waals surface area contributed by atoms with Crippen LogP contribution in [-0.4, -0.2) is 4.98 Å². The lowest BCUT2D eigenvalue weighted by molar-refractivity contribution is 1.27. The molecule has 0 aliphatic carbocycles. The van der Waals surface area contributed by atoms with E-state index in [2.05, 4.69) is 4.98 Å². The molecule has 0 bridgehead atoms. The summed E-state index contributed by atoms with van der Waals surface area (Å²) in [7, 11) is 0. The summed E-state index contributed by atoms with van der Waals surface area (Å²) < 4.78 is 0. The molecule has 0 spiro atoms. The van der Waals surface area contributed by atoms with Gasteiger partial charge in [0, 0.05) is 16.6 Å². The first-order valence-corrected chi connectivity index (χ1v) is 5.40. The van der Waals surface area contributed by atoms with Gasteiger partial charge in [0.05, 0.1) is 10.7 Å². The zero-order valence-electron chi connectivity index (χ0n) is 7.62. The van der Waals surface area contributed by atoms with Crippen molar-refractivity contribution in [2.75, 3.05) is 5.73 Å². The summed E-state index contributed by atoms with van der Waals surface area (Å²) >= 11 is 7.44. The fourth-order valence-corrected chi connectivity index (χ4v) is 2.08. The van der Waals surface area contributed by atoms with Crippen molar-refractivity contribution < 1.29 is 0 Å². The first kappa shape index (κ1) is 9.49. The minimum atomic E-state index is 0.585. The maximum absolute atomic E-state index is 5.83. The average molecular weight is 225 g/mol. The summed E-state index contributed by atoms with van der Waals surface area (Å²) in [5, 5.41) is 3.58. The smallest absolute Gasteiger partial charge is 0.123 e. The Bertz CT molecular complexity index is 465. The molecular formula is C10H9ClN2S. The molecule has 0 fully saturated rings. The molecule has 0 unspecified atom stereocenters. The van der Waals surface area contributed by atoms with Crippen molar-refractivity contribution in [3.05, 3.63) is 34.3 Å². The van der Waals surface area contributed by atoms with Crippen LogP contribution in [-0.2, 0) is 0 Å². The quantitative estimate of drug-likeness (QED) is 0.755. The number of aryl methyl sites for hydroxylation is 1. The van der Waals surface area contributed by atoms with Gasteiger partial charge in [-0.25, -0.2) is 4.98 Å². The first-order valence-electron chi connectivity index (χ1n) is 4.14. The first-order chi connectivity index (χ1) is 6.66. The molecule has 2 nitrogen and oxygen atoms in total. The minimum Gasteiger partial charge on any atom is -0.398 e. The third-order valence-corrected chi connectivity index (χ3v) is 3.22. The molecule has 1 heterocycles. The molecule has 2 rings (SSSR count). The highest BCUT2D eigenvalue weighted by molar-refractivity contribution is 7.13. The van der Waals surface area contributed by atoms with Crippen LogP contribution in [0.25, 0.3) is 10.6 Å². The monoisotopic (exact) mass is 224 g/mol. The van der Waals surface area contributed by atoms with Gasteiger partial charge in [-0.3, -0.25) is 0 Å². The van der Waals surface area contributed by atoms with E-state index in [0.29, 0.717) is 10.7 Å². The van der Waals surface area contributed by atoms with E-state index in [1.165, 1.54) is 0 Å². The summed E-state index contributed by atoms with van der Waals surface area (Å²) in [5.74, 6) is 0.